The summed E-state index contributed by atoms with van der Waals surface area (Å²) in [6.45, 7) is 10.6. The van der Waals surface area contributed by atoms with Gasteiger partial charge in [-0.05, 0) is 22.1 Å². The van der Waals surface area contributed by atoms with Crippen molar-refractivity contribution in [3.05, 3.63) is 64.7 Å². The summed E-state index contributed by atoms with van der Waals surface area (Å²) in [5.74, 6) is 0.830. The second kappa shape index (κ2) is 5.96. The molecule has 0 spiro atoms. The predicted octanol–water partition coefficient (Wildman–Crippen LogP) is 5.75. The summed E-state index contributed by atoms with van der Waals surface area (Å²) < 4.78 is 0. The molecular formula is C20H25ClO. The number of alkyl halides is 1. The van der Waals surface area contributed by atoms with Gasteiger partial charge in [0.15, 0.2) is 0 Å². The lowest BCUT2D eigenvalue weighted by Crippen LogP contribution is -2.22. The average Bonchev–Trinajstić information content (AvgIpc) is 2.47. The Morgan fingerprint density at radius 1 is 0.909 bits per heavy atom. The van der Waals surface area contributed by atoms with Crippen LogP contribution in [0.4, 0.5) is 0 Å². The van der Waals surface area contributed by atoms with Gasteiger partial charge in [-0.25, -0.2) is 0 Å². The minimum atomic E-state index is -0.284. The lowest BCUT2D eigenvalue weighted by atomic mass is 9.74. The Hall–Kier alpha value is -1.47. The highest BCUT2D eigenvalue weighted by Gasteiger charge is 2.30. The van der Waals surface area contributed by atoms with Crippen LogP contribution in [0.15, 0.2) is 42.5 Å². The third kappa shape index (κ3) is 3.15. The van der Waals surface area contributed by atoms with Gasteiger partial charge in [0.1, 0.15) is 5.75 Å². The van der Waals surface area contributed by atoms with Gasteiger partial charge in [0.05, 0.1) is 0 Å². The lowest BCUT2D eigenvalue weighted by Gasteiger charge is -2.31. The highest BCUT2D eigenvalue weighted by Crippen LogP contribution is 2.42. The van der Waals surface area contributed by atoms with Crippen LogP contribution in [0.25, 0.3) is 0 Å². The SMILES string of the molecule is CC(C)(C)c1cc(CCl)cc(C(C)(C)c2ccccc2)c1O. The van der Waals surface area contributed by atoms with Gasteiger partial charge in [0, 0.05) is 16.9 Å². The quantitative estimate of drug-likeness (QED) is 0.714. The fourth-order valence-electron chi connectivity index (χ4n) is 2.83. The van der Waals surface area contributed by atoms with E-state index >= 15 is 0 Å². The normalized spacial score (nSPS) is 12.5. The highest BCUT2D eigenvalue weighted by atomic mass is 35.5. The largest absolute Gasteiger partial charge is 0.507 e. The van der Waals surface area contributed by atoms with Crippen molar-refractivity contribution in [2.45, 2.75) is 51.3 Å². The molecule has 1 nitrogen and oxygen atoms in total. The Morgan fingerprint density at radius 3 is 1.95 bits per heavy atom. The maximum atomic E-state index is 10.9. The number of benzene rings is 2. The van der Waals surface area contributed by atoms with Gasteiger partial charge in [0.25, 0.3) is 0 Å². The van der Waals surface area contributed by atoms with Gasteiger partial charge in [0.2, 0.25) is 0 Å². The zero-order chi connectivity index (χ0) is 16.5. The molecule has 0 saturated carbocycles. The molecule has 0 heterocycles. The maximum Gasteiger partial charge on any atom is 0.123 e. The van der Waals surface area contributed by atoms with Gasteiger partial charge >= 0.3 is 0 Å². The van der Waals surface area contributed by atoms with E-state index in [2.05, 4.69) is 46.8 Å². The van der Waals surface area contributed by atoms with Crippen molar-refractivity contribution in [2.75, 3.05) is 0 Å². The van der Waals surface area contributed by atoms with Crippen LogP contribution in [-0.4, -0.2) is 5.11 Å². The number of aromatic hydroxyl groups is 1. The van der Waals surface area contributed by atoms with Crippen molar-refractivity contribution in [3.63, 3.8) is 0 Å². The van der Waals surface area contributed by atoms with E-state index in [1.165, 1.54) is 5.56 Å². The van der Waals surface area contributed by atoms with E-state index in [1.807, 2.05) is 30.3 Å². The van der Waals surface area contributed by atoms with Crippen molar-refractivity contribution in [1.82, 2.24) is 0 Å². The highest BCUT2D eigenvalue weighted by molar-refractivity contribution is 6.17. The summed E-state index contributed by atoms with van der Waals surface area (Å²) in [5, 5.41) is 10.9. The molecule has 0 aromatic heterocycles. The summed E-state index contributed by atoms with van der Waals surface area (Å²) >= 11 is 6.09. The van der Waals surface area contributed by atoms with Crippen molar-refractivity contribution in [3.8, 4) is 5.75 Å². The second-order valence-electron chi connectivity index (χ2n) is 7.41. The Labute approximate surface area is 139 Å². The molecule has 2 aromatic carbocycles. The Balaban J connectivity index is 2.69. The van der Waals surface area contributed by atoms with Crippen LogP contribution < -0.4 is 0 Å². The van der Waals surface area contributed by atoms with Crippen LogP contribution in [-0.2, 0) is 16.7 Å². The Bertz CT molecular complexity index is 651. The number of halogens is 1. The summed E-state index contributed by atoms with van der Waals surface area (Å²) in [6.07, 6.45) is 0. The third-order valence-corrected chi connectivity index (χ3v) is 4.61. The van der Waals surface area contributed by atoms with Gasteiger partial charge in [-0.15, -0.1) is 11.6 Å². The van der Waals surface area contributed by atoms with Crippen molar-refractivity contribution < 1.29 is 5.11 Å². The first-order valence-corrected chi connectivity index (χ1v) is 8.19. The molecule has 1 N–H and O–H groups in total. The smallest absolute Gasteiger partial charge is 0.123 e. The van der Waals surface area contributed by atoms with Crippen LogP contribution in [0.2, 0.25) is 0 Å². The van der Waals surface area contributed by atoms with Crippen LogP contribution in [0.1, 0.15) is 56.9 Å². The summed E-state index contributed by atoms with van der Waals surface area (Å²) in [5.41, 5.74) is 3.69. The van der Waals surface area contributed by atoms with Crippen LogP contribution in [0.3, 0.4) is 0 Å². The van der Waals surface area contributed by atoms with E-state index in [0.717, 1.165) is 16.7 Å². The molecule has 0 aliphatic rings. The number of phenolic OH excluding ortho intramolecular Hbond substituents is 1. The Morgan fingerprint density at radius 2 is 1.45 bits per heavy atom. The third-order valence-electron chi connectivity index (χ3n) is 4.30. The van der Waals surface area contributed by atoms with Crippen LogP contribution >= 0.6 is 11.6 Å². The van der Waals surface area contributed by atoms with E-state index in [9.17, 15) is 5.11 Å². The number of phenols is 1. The molecule has 0 aliphatic heterocycles. The summed E-state index contributed by atoms with van der Waals surface area (Å²) in [7, 11) is 0. The summed E-state index contributed by atoms with van der Waals surface area (Å²) in [4.78, 5) is 0. The standard InChI is InChI=1S/C20H25ClO/c1-19(2,3)16-11-14(13-21)12-17(18(16)22)20(4,5)15-9-7-6-8-10-15/h6-12,22H,13H2,1-5H3. The molecule has 0 unspecified atom stereocenters. The molecule has 0 radical (unpaired) electrons. The molecule has 22 heavy (non-hydrogen) atoms. The van der Waals surface area contributed by atoms with E-state index in [0.29, 0.717) is 11.6 Å². The molecule has 0 atom stereocenters. The number of hydrogen-bond acceptors (Lipinski definition) is 1. The predicted molar refractivity (Wildman–Crippen MR) is 94.9 cm³/mol. The molecule has 2 heteroatoms. The molecule has 0 fully saturated rings. The zero-order valence-corrected chi connectivity index (χ0v) is 14.8. The van der Waals surface area contributed by atoms with E-state index in [-0.39, 0.29) is 10.8 Å². The zero-order valence-electron chi connectivity index (χ0n) is 14.1. The molecule has 118 valence electrons. The van der Waals surface area contributed by atoms with Crippen LogP contribution in [0, 0.1) is 0 Å². The number of rotatable bonds is 3. The van der Waals surface area contributed by atoms with Gasteiger partial charge in [-0.2, -0.15) is 0 Å². The molecule has 2 aromatic rings. The minimum Gasteiger partial charge on any atom is -0.507 e. The monoisotopic (exact) mass is 316 g/mol. The summed E-state index contributed by atoms with van der Waals surface area (Å²) in [6, 6.07) is 14.3. The van der Waals surface area contributed by atoms with Gasteiger partial charge in [-0.1, -0.05) is 77.1 Å². The van der Waals surface area contributed by atoms with Crippen molar-refractivity contribution in [1.29, 1.82) is 0 Å². The second-order valence-corrected chi connectivity index (χ2v) is 7.68. The lowest BCUT2D eigenvalue weighted by molar-refractivity contribution is 0.427. The van der Waals surface area contributed by atoms with Crippen LogP contribution in [0.5, 0.6) is 5.75 Å². The van der Waals surface area contributed by atoms with E-state index in [1.54, 1.807) is 0 Å². The minimum absolute atomic E-state index is 0.131. The molecule has 0 saturated heterocycles. The number of hydrogen-bond donors (Lipinski definition) is 1. The average molecular weight is 317 g/mol. The Kier molecular flexibility index (Phi) is 4.58. The molecule has 0 amide bonds. The molecule has 0 aliphatic carbocycles. The van der Waals surface area contributed by atoms with Gasteiger partial charge in [-0.3, -0.25) is 0 Å². The van der Waals surface area contributed by atoms with Crippen molar-refractivity contribution in [2.24, 2.45) is 0 Å². The van der Waals surface area contributed by atoms with E-state index < -0.39 is 0 Å². The molecule has 0 bridgehead atoms. The van der Waals surface area contributed by atoms with E-state index in [4.69, 9.17) is 11.6 Å². The first kappa shape index (κ1) is 16.9. The fourth-order valence-corrected chi connectivity index (χ4v) is 2.98. The molecule has 2 rings (SSSR count). The first-order valence-electron chi connectivity index (χ1n) is 7.66. The molecular weight excluding hydrogens is 292 g/mol. The van der Waals surface area contributed by atoms with Crippen molar-refractivity contribution >= 4 is 11.6 Å². The topological polar surface area (TPSA) is 20.2 Å². The van der Waals surface area contributed by atoms with Gasteiger partial charge < -0.3 is 5.11 Å². The first-order chi connectivity index (χ1) is 10.2. The maximum absolute atomic E-state index is 10.9. The fraction of sp³-hybridized carbons (Fsp3) is 0.400.